The first kappa shape index (κ1) is 16.2. The molecule has 2 unspecified atom stereocenters. The van der Waals surface area contributed by atoms with Crippen LogP contribution in [0, 0.1) is 11.8 Å². The Labute approximate surface area is 139 Å². The Kier molecular flexibility index (Phi) is 4.84. The molecule has 2 saturated heterocycles. The minimum atomic E-state index is -0.768. The highest BCUT2D eigenvalue weighted by atomic mass is 35.5. The van der Waals surface area contributed by atoms with E-state index in [4.69, 9.17) is 16.7 Å². The molecule has 6 nitrogen and oxygen atoms in total. The number of likely N-dealkylation sites (tertiary alicyclic amines) is 1. The maximum Gasteiger partial charge on any atom is 0.306 e. The van der Waals surface area contributed by atoms with Gasteiger partial charge in [0.1, 0.15) is 0 Å². The van der Waals surface area contributed by atoms with Crippen molar-refractivity contribution in [3.63, 3.8) is 0 Å². The van der Waals surface area contributed by atoms with Gasteiger partial charge in [-0.3, -0.25) is 15.0 Å². The maximum atomic E-state index is 12.8. The summed E-state index contributed by atoms with van der Waals surface area (Å²) in [5.74, 6) is -1.29. The third kappa shape index (κ3) is 3.34. The van der Waals surface area contributed by atoms with Crippen LogP contribution in [0.15, 0.2) is 24.3 Å². The number of piperidine rings is 1. The van der Waals surface area contributed by atoms with Crippen molar-refractivity contribution in [1.29, 1.82) is 0 Å². The number of nitrogens with zero attached hydrogens (tertiary/aromatic N) is 1. The Hall–Kier alpha value is -1.63. The summed E-state index contributed by atoms with van der Waals surface area (Å²) in [6.07, 6.45) is 1.04. The molecule has 2 aliphatic rings. The summed E-state index contributed by atoms with van der Waals surface area (Å²) in [5, 5.41) is 9.69. The van der Waals surface area contributed by atoms with E-state index < -0.39 is 5.97 Å². The number of nitrogens with one attached hydrogen (secondary N) is 2. The highest BCUT2D eigenvalue weighted by Gasteiger charge is 2.38. The molecular weight excluding hydrogens is 318 g/mol. The Bertz CT molecular complexity index is 602. The van der Waals surface area contributed by atoms with Crippen LogP contribution in [0.3, 0.4) is 0 Å². The first-order chi connectivity index (χ1) is 11.1. The molecule has 1 aromatic carbocycles. The zero-order valence-electron chi connectivity index (χ0n) is 12.7. The predicted molar refractivity (Wildman–Crippen MR) is 85.8 cm³/mol. The largest absolute Gasteiger partial charge is 0.481 e. The number of amides is 1. The van der Waals surface area contributed by atoms with Gasteiger partial charge in [-0.05, 0) is 24.5 Å². The molecule has 3 rings (SSSR count). The van der Waals surface area contributed by atoms with E-state index >= 15 is 0 Å². The fourth-order valence-corrected chi connectivity index (χ4v) is 3.58. The third-order valence-corrected chi connectivity index (χ3v) is 5.04. The van der Waals surface area contributed by atoms with E-state index in [0.717, 1.165) is 5.56 Å². The molecule has 7 heteroatoms. The van der Waals surface area contributed by atoms with E-state index in [1.165, 1.54) is 0 Å². The standard InChI is InChI=1S/C16H20ClN3O3/c17-13-4-2-1-3-11(13)14-12(9-18-19-14)15(21)20-7-5-10(6-8-20)16(22)23/h1-4,10,12,14,18-19H,5-9H2,(H,22,23). The summed E-state index contributed by atoms with van der Waals surface area (Å²) < 4.78 is 0. The summed E-state index contributed by atoms with van der Waals surface area (Å²) in [5.41, 5.74) is 7.08. The van der Waals surface area contributed by atoms with Crippen molar-refractivity contribution in [2.24, 2.45) is 11.8 Å². The van der Waals surface area contributed by atoms with Gasteiger partial charge in [0.05, 0.1) is 17.9 Å². The van der Waals surface area contributed by atoms with E-state index in [2.05, 4.69) is 10.9 Å². The van der Waals surface area contributed by atoms with E-state index in [-0.39, 0.29) is 23.8 Å². The molecular formula is C16H20ClN3O3. The summed E-state index contributed by atoms with van der Waals surface area (Å²) in [6, 6.07) is 7.33. The number of benzene rings is 1. The van der Waals surface area contributed by atoms with E-state index in [9.17, 15) is 9.59 Å². The summed E-state index contributed by atoms with van der Waals surface area (Å²) >= 11 is 6.26. The van der Waals surface area contributed by atoms with Gasteiger partial charge in [0.25, 0.3) is 0 Å². The van der Waals surface area contributed by atoms with Crippen LogP contribution in [0.5, 0.6) is 0 Å². The fraction of sp³-hybridized carbons (Fsp3) is 0.500. The molecule has 3 N–H and O–H groups in total. The number of halogens is 1. The lowest BCUT2D eigenvalue weighted by atomic mass is 9.91. The molecule has 1 amide bonds. The predicted octanol–water partition coefficient (Wildman–Crippen LogP) is 1.43. The number of carboxylic acid groups (broad SMARTS) is 1. The topological polar surface area (TPSA) is 81.7 Å². The SMILES string of the molecule is O=C(O)C1CCN(C(=O)C2CNNC2c2ccccc2Cl)CC1. The van der Waals surface area contributed by atoms with Crippen molar-refractivity contribution in [3.8, 4) is 0 Å². The van der Waals surface area contributed by atoms with E-state index in [1.54, 1.807) is 4.90 Å². The van der Waals surface area contributed by atoms with Gasteiger partial charge in [-0.2, -0.15) is 0 Å². The molecule has 2 aliphatic heterocycles. The molecule has 2 heterocycles. The number of rotatable bonds is 3. The number of carbonyl (C=O) groups excluding carboxylic acids is 1. The second-order valence-electron chi connectivity index (χ2n) is 6.07. The van der Waals surface area contributed by atoms with Gasteiger partial charge < -0.3 is 10.0 Å². The molecule has 23 heavy (non-hydrogen) atoms. The van der Waals surface area contributed by atoms with Crippen molar-refractivity contribution in [3.05, 3.63) is 34.9 Å². The lowest BCUT2D eigenvalue weighted by Crippen LogP contribution is -2.44. The van der Waals surface area contributed by atoms with Crippen LogP contribution in [-0.4, -0.2) is 41.5 Å². The zero-order chi connectivity index (χ0) is 16.4. The van der Waals surface area contributed by atoms with Gasteiger partial charge in [0, 0.05) is 24.7 Å². The van der Waals surface area contributed by atoms with Crippen LogP contribution < -0.4 is 10.9 Å². The fourth-order valence-electron chi connectivity index (χ4n) is 3.33. The summed E-state index contributed by atoms with van der Waals surface area (Å²) in [7, 11) is 0. The Morgan fingerprint density at radius 3 is 2.57 bits per heavy atom. The number of carboxylic acids is 1. The van der Waals surface area contributed by atoms with Crippen molar-refractivity contribution in [1.82, 2.24) is 15.8 Å². The van der Waals surface area contributed by atoms with Crippen LogP contribution in [0.2, 0.25) is 5.02 Å². The quantitative estimate of drug-likeness (QED) is 0.777. The molecule has 0 aromatic heterocycles. The molecule has 0 radical (unpaired) electrons. The average Bonchev–Trinajstić information content (AvgIpc) is 3.04. The lowest BCUT2D eigenvalue weighted by molar-refractivity contribution is -0.146. The van der Waals surface area contributed by atoms with Crippen LogP contribution >= 0.6 is 11.6 Å². The monoisotopic (exact) mass is 337 g/mol. The molecule has 0 spiro atoms. The first-order valence-corrected chi connectivity index (χ1v) is 8.20. The number of hydrogen-bond acceptors (Lipinski definition) is 4. The van der Waals surface area contributed by atoms with Crippen LogP contribution in [-0.2, 0) is 9.59 Å². The first-order valence-electron chi connectivity index (χ1n) is 7.82. The number of hydrogen-bond donors (Lipinski definition) is 3. The Balaban J connectivity index is 1.70. The number of hydrazine groups is 1. The molecule has 2 atom stereocenters. The lowest BCUT2D eigenvalue weighted by Gasteiger charge is -2.33. The molecule has 0 saturated carbocycles. The molecule has 0 bridgehead atoms. The van der Waals surface area contributed by atoms with Gasteiger partial charge in [0.15, 0.2) is 0 Å². The highest BCUT2D eigenvalue weighted by molar-refractivity contribution is 6.31. The van der Waals surface area contributed by atoms with Crippen LogP contribution in [0.4, 0.5) is 0 Å². The van der Waals surface area contributed by atoms with Gasteiger partial charge in [0.2, 0.25) is 5.91 Å². The van der Waals surface area contributed by atoms with Crippen LogP contribution in [0.25, 0.3) is 0 Å². The van der Waals surface area contributed by atoms with E-state index in [0.29, 0.717) is 37.5 Å². The van der Waals surface area contributed by atoms with Crippen molar-refractivity contribution < 1.29 is 14.7 Å². The van der Waals surface area contributed by atoms with Crippen molar-refractivity contribution in [2.75, 3.05) is 19.6 Å². The highest BCUT2D eigenvalue weighted by Crippen LogP contribution is 2.32. The third-order valence-electron chi connectivity index (χ3n) is 4.70. The van der Waals surface area contributed by atoms with Gasteiger partial charge in [-0.1, -0.05) is 29.8 Å². The second kappa shape index (κ2) is 6.86. The molecule has 1 aromatic rings. The van der Waals surface area contributed by atoms with Gasteiger partial charge >= 0.3 is 5.97 Å². The minimum Gasteiger partial charge on any atom is -0.481 e. The summed E-state index contributed by atoms with van der Waals surface area (Å²) in [6.45, 7) is 1.54. The molecule has 124 valence electrons. The normalized spacial score (nSPS) is 25.5. The zero-order valence-corrected chi connectivity index (χ0v) is 13.4. The average molecular weight is 338 g/mol. The Morgan fingerprint density at radius 1 is 1.22 bits per heavy atom. The van der Waals surface area contributed by atoms with Gasteiger partial charge in [-0.25, -0.2) is 5.43 Å². The van der Waals surface area contributed by atoms with Gasteiger partial charge in [-0.15, -0.1) is 0 Å². The van der Waals surface area contributed by atoms with Crippen LogP contribution in [0.1, 0.15) is 24.4 Å². The maximum absolute atomic E-state index is 12.8. The number of carbonyl (C=O) groups is 2. The minimum absolute atomic E-state index is 0.0521. The van der Waals surface area contributed by atoms with E-state index in [1.807, 2.05) is 24.3 Å². The Morgan fingerprint density at radius 2 is 1.91 bits per heavy atom. The summed E-state index contributed by atoms with van der Waals surface area (Å²) in [4.78, 5) is 25.6. The molecule has 2 fully saturated rings. The van der Waals surface area contributed by atoms with Crippen molar-refractivity contribution >= 4 is 23.5 Å². The molecule has 0 aliphatic carbocycles. The smallest absolute Gasteiger partial charge is 0.306 e. The van der Waals surface area contributed by atoms with Crippen molar-refractivity contribution in [2.45, 2.75) is 18.9 Å². The number of aliphatic carboxylic acids is 1. The second-order valence-corrected chi connectivity index (χ2v) is 6.48.